The smallest absolute Gasteiger partial charge is 0.233 e. The number of anilines is 2. The van der Waals surface area contributed by atoms with Gasteiger partial charge < -0.3 is 15.8 Å². The van der Waals surface area contributed by atoms with Crippen molar-refractivity contribution in [1.29, 1.82) is 0 Å². The van der Waals surface area contributed by atoms with Gasteiger partial charge in [-0.25, -0.2) is 13.4 Å². The fourth-order valence-corrected chi connectivity index (χ4v) is 4.54. The number of carbonyl (C=O) groups is 1. The number of sulfonamides is 1. The van der Waals surface area contributed by atoms with Crippen LogP contribution in [0.1, 0.15) is 28.8 Å². The molecule has 2 aromatic rings. The molecule has 3 rings (SSSR count). The second-order valence-corrected chi connectivity index (χ2v) is 8.56. The lowest BCUT2D eigenvalue weighted by atomic mass is 10.0. The van der Waals surface area contributed by atoms with Crippen LogP contribution >= 0.6 is 0 Å². The monoisotopic (exact) mass is 404 g/mol. The van der Waals surface area contributed by atoms with Crippen LogP contribution in [0.3, 0.4) is 0 Å². The van der Waals surface area contributed by atoms with E-state index >= 15 is 0 Å². The predicted molar refractivity (Wildman–Crippen MR) is 108 cm³/mol. The molecule has 0 unspecified atom stereocenters. The van der Waals surface area contributed by atoms with Crippen molar-refractivity contribution in [3.05, 3.63) is 47.5 Å². The number of pyridine rings is 1. The lowest BCUT2D eigenvalue weighted by Crippen LogP contribution is -2.46. The highest BCUT2D eigenvalue weighted by atomic mass is 32.2. The Kier molecular flexibility index (Phi) is 5.85. The molecule has 9 heteroatoms. The summed E-state index contributed by atoms with van der Waals surface area (Å²) < 4.78 is 31.2. The number of carbonyl (C=O) groups excluding carboxylic acids is 1. The highest BCUT2D eigenvalue weighted by Gasteiger charge is 2.30. The summed E-state index contributed by atoms with van der Waals surface area (Å²) in [6.45, 7) is 1.47. The van der Waals surface area contributed by atoms with Crippen molar-refractivity contribution in [2.75, 3.05) is 36.5 Å². The Morgan fingerprint density at radius 3 is 2.36 bits per heavy atom. The maximum absolute atomic E-state index is 12.7. The summed E-state index contributed by atoms with van der Waals surface area (Å²) >= 11 is 0. The second-order valence-electron chi connectivity index (χ2n) is 6.70. The van der Waals surface area contributed by atoms with Gasteiger partial charge in [-0.2, -0.15) is 0 Å². The first kappa shape index (κ1) is 20.1. The van der Waals surface area contributed by atoms with Crippen molar-refractivity contribution in [3.8, 4) is 5.75 Å². The number of nitrogen functional groups attached to an aromatic ring is 1. The molecule has 0 spiro atoms. The molecule has 0 atom stereocenters. The van der Waals surface area contributed by atoms with E-state index in [4.69, 9.17) is 10.5 Å². The zero-order valence-electron chi connectivity index (χ0n) is 15.9. The van der Waals surface area contributed by atoms with Gasteiger partial charge in [-0.15, -0.1) is 0 Å². The molecule has 1 fully saturated rings. The van der Waals surface area contributed by atoms with Crippen molar-refractivity contribution < 1.29 is 17.9 Å². The number of benzene rings is 1. The summed E-state index contributed by atoms with van der Waals surface area (Å²) in [6.07, 6.45) is 2.52. The number of nitrogens with zero attached hydrogens (tertiary/aromatic N) is 2. The van der Waals surface area contributed by atoms with E-state index in [0.717, 1.165) is 19.3 Å². The Labute approximate surface area is 164 Å². The summed E-state index contributed by atoms with van der Waals surface area (Å²) in [5.74, 6) is 0.592. The van der Waals surface area contributed by atoms with Gasteiger partial charge in [-0.05, 0) is 62.3 Å². The molecule has 0 saturated carbocycles. The van der Waals surface area contributed by atoms with Gasteiger partial charge >= 0.3 is 0 Å². The van der Waals surface area contributed by atoms with Crippen LogP contribution in [0.25, 0.3) is 0 Å². The number of aromatic nitrogens is 1. The van der Waals surface area contributed by atoms with Crippen LogP contribution in [0, 0.1) is 0 Å². The van der Waals surface area contributed by atoms with Gasteiger partial charge in [-0.3, -0.25) is 9.10 Å². The average Bonchev–Trinajstić information content (AvgIpc) is 2.67. The van der Waals surface area contributed by atoms with E-state index in [1.165, 1.54) is 16.4 Å². The summed E-state index contributed by atoms with van der Waals surface area (Å²) in [6, 6.07) is 9.55. The Balaban J connectivity index is 1.92. The van der Waals surface area contributed by atoms with Crippen molar-refractivity contribution >= 4 is 27.4 Å². The van der Waals surface area contributed by atoms with E-state index in [0.29, 0.717) is 24.2 Å². The normalized spacial score (nSPS) is 15.2. The van der Waals surface area contributed by atoms with E-state index in [9.17, 15) is 13.2 Å². The minimum Gasteiger partial charge on any atom is -0.497 e. The molecule has 8 nitrogen and oxygen atoms in total. The summed E-state index contributed by atoms with van der Waals surface area (Å²) in [5.41, 5.74) is 6.71. The van der Waals surface area contributed by atoms with Gasteiger partial charge in [0.05, 0.1) is 18.9 Å². The van der Waals surface area contributed by atoms with Crippen LogP contribution in [0.5, 0.6) is 5.75 Å². The zero-order valence-corrected chi connectivity index (χ0v) is 16.7. The number of nitrogens with one attached hydrogen (secondary N) is 1. The van der Waals surface area contributed by atoms with E-state index in [1.807, 2.05) is 0 Å². The maximum Gasteiger partial charge on any atom is 0.233 e. The number of ether oxygens (including phenoxy) is 1. The Hall–Kier alpha value is -2.65. The third-order valence-electron chi connectivity index (χ3n) is 4.73. The third-order valence-corrected chi connectivity index (χ3v) is 5.93. The first-order valence-electron chi connectivity index (χ1n) is 8.96. The largest absolute Gasteiger partial charge is 0.497 e. The third kappa shape index (κ3) is 4.26. The summed E-state index contributed by atoms with van der Waals surface area (Å²) in [5, 5.41) is 3.21. The molecule has 1 aliphatic heterocycles. The van der Waals surface area contributed by atoms with Crippen molar-refractivity contribution in [2.24, 2.45) is 0 Å². The van der Waals surface area contributed by atoms with E-state index < -0.39 is 10.0 Å². The number of hydrogen-bond donors (Lipinski definition) is 2. The van der Waals surface area contributed by atoms with E-state index in [1.54, 1.807) is 31.4 Å². The van der Waals surface area contributed by atoms with Gasteiger partial charge in [0.1, 0.15) is 17.4 Å². The summed E-state index contributed by atoms with van der Waals surface area (Å²) in [7, 11) is -1.99. The quantitative estimate of drug-likeness (QED) is 0.700. The first-order valence-corrected chi connectivity index (χ1v) is 10.8. The maximum atomic E-state index is 12.7. The molecule has 1 aliphatic rings. The fourth-order valence-electron chi connectivity index (χ4n) is 3.35. The average molecular weight is 404 g/mol. The molecule has 28 heavy (non-hydrogen) atoms. The van der Waals surface area contributed by atoms with Crippen molar-refractivity contribution in [1.82, 2.24) is 10.3 Å². The fraction of sp³-hybridized carbons (Fsp3) is 0.368. The van der Waals surface area contributed by atoms with Gasteiger partial charge in [-0.1, -0.05) is 0 Å². The van der Waals surface area contributed by atoms with Crippen molar-refractivity contribution in [2.45, 2.75) is 18.9 Å². The lowest BCUT2D eigenvalue weighted by molar-refractivity contribution is 0.103. The Morgan fingerprint density at radius 1 is 1.18 bits per heavy atom. The lowest BCUT2D eigenvalue weighted by Gasteiger charge is -2.33. The molecule has 0 bridgehead atoms. The molecule has 2 heterocycles. The number of piperidine rings is 1. The zero-order chi connectivity index (χ0) is 20.3. The minimum absolute atomic E-state index is 0.000836. The van der Waals surface area contributed by atoms with Gasteiger partial charge in [0.15, 0.2) is 5.78 Å². The van der Waals surface area contributed by atoms with Crippen LogP contribution < -0.4 is 20.1 Å². The van der Waals surface area contributed by atoms with Crippen molar-refractivity contribution in [3.63, 3.8) is 0 Å². The molecule has 1 aromatic heterocycles. The molecule has 150 valence electrons. The number of nitrogens with two attached hydrogens (primary N) is 1. The van der Waals surface area contributed by atoms with Gasteiger partial charge in [0.2, 0.25) is 10.0 Å². The Morgan fingerprint density at radius 2 is 1.82 bits per heavy atom. The van der Waals surface area contributed by atoms with E-state index in [-0.39, 0.29) is 29.0 Å². The molecule has 0 amide bonds. The highest BCUT2D eigenvalue weighted by molar-refractivity contribution is 7.92. The molecule has 3 N–H and O–H groups in total. The van der Waals surface area contributed by atoms with E-state index in [2.05, 4.69) is 10.3 Å². The van der Waals surface area contributed by atoms with Crippen LogP contribution in [-0.4, -0.2) is 51.7 Å². The molecular weight excluding hydrogens is 380 g/mol. The minimum atomic E-state index is -3.54. The number of rotatable bonds is 6. The molecule has 0 radical (unpaired) electrons. The van der Waals surface area contributed by atoms with Crippen LogP contribution in [0.15, 0.2) is 36.4 Å². The van der Waals surface area contributed by atoms with Crippen LogP contribution in [0.4, 0.5) is 11.6 Å². The summed E-state index contributed by atoms with van der Waals surface area (Å²) in [4.78, 5) is 17.0. The molecule has 1 saturated heterocycles. The SMILES string of the molecule is COc1ccc(C(=O)c2ccc(N(C3CCNCC3)S(C)(=O)=O)nc2N)cc1. The second kappa shape index (κ2) is 8.15. The first-order chi connectivity index (χ1) is 13.3. The highest BCUT2D eigenvalue weighted by Crippen LogP contribution is 2.26. The standard InChI is InChI=1S/C19H24N4O4S/c1-27-15-5-3-13(4-6-15)18(24)16-7-8-17(22-19(16)20)23(28(2,25)26)14-9-11-21-12-10-14/h3-8,14,21H,9-12H2,1-2H3,(H2,20,22). The number of ketones is 1. The topological polar surface area (TPSA) is 115 Å². The van der Waals surface area contributed by atoms with Crippen LogP contribution in [-0.2, 0) is 10.0 Å². The molecule has 0 aliphatic carbocycles. The predicted octanol–water partition coefficient (Wildman–Crippen LogP) is 1.42. The molecular formula is C19H24N4O4S. The van der Waals surface area contributed by atoms with Gasteiger partial charge in [0, 0.05) is 11.6 Å². The Bertz CT molecular complexity index is 954. The van der Waals surface area contributed by atoms with Crippen LogP contribution in [0.2, 0.25) is 0 Å². The number of methoxy groups -OCH3 is 1. The molecule has 1 aromatic carbocycles. The van der Waals surface area contributed by atoms with Gasteiger partial charge in [0.25, 0.3) is 0 Å². The number of hydrogen-bond acceptors (Lipinski definition) is 7.